The predicted molar refractivity (Wildman–Crippen MR) is 224 cm³/mol. The van der Waals surface area contributed by atoms with Gasteiger partial charge in [-0.2, -0.15) is 0 Å². The lowest BCUT2D eigenvalue weighted by atomic mass is 9.89. The summed E-state index contributed by atoms with van der Waals surface area (Å²) in [4.78, 5) is 61.7. The number of alkyl carbamates (subject to hydrolysis) is 1. The summed E-state index contributed by atoms with van der Waals surface area (Å²) in [7, 11) is 2.85. The average Bonchev–Trinajstić information content (AvgIpc) is 3.54. The van der Waals surface area contributed by atoms with Gasteiger partial charge in [-0.3, -0.25) is 20.0 Å². The number of hydrogen-bond acceptors (Lipinski definition) is 10. The molecular formula is C44H63N7O8. The van der Waals surface area contributed by atoms with Crippen molar-refractivity contribution in [2.24, 2.45) is 11.3 Å². The Morgan fingerprint density at radius 1 is 0.915 bits per heavy atom. The first kappa shape index (κ1) is 46.4. The maximum Gasteiger partial charge on any atom is 0.406 e. The fourth-order valence-electron chi connectivity index (χ4n) is 7.14. The van der Waals surface area contributed by atoms with Gasteiger partial charge in [0, 0.05) is 51.3 Å². The second-order valence-corrected chi connectivity index (χ2v) is 16.2. The zero-order valence-electron chi connectivity index (χ0n) is 35.5. The molecule has 5 N–H and O–H groups in total. The molecule has 0 aliphatic carbocycles. The van der Waals surface area contributed by atoms with E-state index in [9.17, 15) is 29.4 Å². The van der Waals surface area contributed by atoms with E-state index in [2.05, 4.69) is 25.8 Å². The zero-order chi connectivity index (χ0) is 43.1. The first-order valence-corrected chi connectivity index (χ1v) is 20.3. The van der Waals surface area contributed by atoms with E-state index in [0.717, 1.165) is 16.8 Å². The molecule has 322 valence electrons. The number of urea groups is 1. The normalized spacial score (nSPS) is 15.6. The molecule has 1 aromatic heterocycles. The molecule has 5 atom stereocenters. The Hall–Kier alpha value is -5.25. The van der Waals surface area contributed by atoms with E-state index in [-0.39, 0.29) is 62.8 Å². The molecule has 3 aromatic rings. The van der Waals surface area contributed by atoms with Crippen LogP contribution in [-0.2, 0) is 40.3 Å². The number of aliphatic hydroxyl groups excluding tert-OH is 2. The van der Waals surface area contributed by atoms with Crippen LogP contribution < -0.4 is 20.8 Å². The van der Waals surface area contributed by atoms with Gasteiger partial charge in [0.15, 0.2) is 0 Å². The van der Waals surface area contributed by atoms with Crippen molar-refractivity contribution in [2.45, 2.75) is 97.7 Å². The molecule has 5 unspecified atom stereocenters. The van der Waals surface area contributed by atoms with Crippen molar-refractivity contribution < 1.29 is 38.9 Å². The van der Waals surface area contributed by atoms with Gasteiger partial charge in [-0.25, -0.2) is 14.6 Å². The van der Waals surface area contributed by atoms with Crippen molar-refractivity contribution in [2.75, 3.05) is 40.4 Å². The highest BCUT2D eigenvalue weighted by Gasteiger charge is 2.41. The highest BCUT2D eigenvalue weighted by atomic mass is 16.5. The van der Waals surface area contributed by atoms with Gasteiger partial charge in [-0.1, -0.05) is 82.6 Å². The summed E-state index contributed by atoms with van der Waals surface area (Å²) >= 11 is 0. The van der Waals surface area contributed by atoms with Gasteiger partial charge in [0.1, 0.15) is 11.8 Å². The standard InChI is InChI=1S/C44H63N7O8/c1-8-30(2)40(51-22-21-49(43(51)57)27-35-16-12-15-34(46-35)23-31(3)52)41(55)47-37(24-32-13-10-9-11-14-32)38(53)28-50(26-33-17-19-36(58-6)20-18-33)48-39(54)25-44(4,5)29-45-42(56)59-7/h9-20,30-31,37-38,40,52-53H,8,21-29H2,1-7H3,(H,45,56)(H,47,55)(H,48,54). The third-order valence-corrected chi connectivity index (χ3v) is 10.5. The van der Waals surface area contributed by atoms with Gasteiger partial charge in [-0.05, 0) is 60.1 Å². The lowest BCUT2D eigenvalue weighted by Gasteiger charge is -2.35. The Labute approximate surface area is 348 Å². The second kappa shape index (κ2) is 22.2. The van der Waals surface area contributed by atoms with Gasteiger partial charge in [0.05, 0.1) is 44.7 Å². The second-order valence-electron chi connectivity index (χ2n) is 16.2. The molecule has 15 nitrogen and oxygen atoms in total. The van der Waals surface area contributed by atoms with Gasteiger partial charge in [-0.15, -0.1) is 0 Å². The van der Waals surface area contributed by atoms with Crippen molar-refractivity contribution in [1.29, 1.82) is 0 Å². The van der Waals surface area contributed by atoms with E-state index in [1.165, 1.54) is 7.11 Å². The molecule has 0 saturated carbocycles. The van der Waals surface area contributed by atoms with Crippen LogP contribution in [0.15, 0.2) is 72.8 Å². The zero-order valence-corrected chi connectivity index (χ0v) is 35.5. The minimum atomic E-state index is -1.17. The number of hydrogen-bond donors (Lipinski definition) is 5. The SMILES string of the molecule is CCC(C)C(C(=O)NC(Cc1ccccc1)C(O)CN(Cc1ccc(OC)cc1)NC(=O)CC(C)(C)CNC(=O)OC)N1CCN(Cc2cccc(CC(C)O)n2)C1=O. The van der Waals surface area contributed by atoms with E-state index in [1.807, 2.05) is 100 Å². The Kier molecular flexibility index (Phi) is 17.5. The summed E-state index contributed by atoms with van der Waals surface area (Å²) in [5.74, 6) is -0.241. The Morgan fingerprint density at radius 3 is 2.25 bits per heavy atom. The molecule has 2 heterocycles. The molecule has 1 saturated heterocycles. The summed E-state index contributed by atoms with van der Waals surface area (Å²) in [5.41, 5.74) is 5.50. The first-order chi connectivity index (χ1) is 28.1. The van der Waals surface area contributed by atoms with Gasteiger partial charge in [0.25, 0.3) is 0 Å². The first-order valence-electron chi connectivity index (χ1n) is 20.3. The Balaban J connectivity index is 1.55. The van der Waals surface area contributed by atoms with Crippen LogP contribution in [0.4, 0.5) is 9.59 Å². The molecule has 5 amide bonds. The van der Waals surface area contributed by atoms with Crippen molar-refractivity contribution >= 4 is 23.9 Å². The van der Waals surface area contributed by atoms with Crippen LogP contribution in [0.2, 0.25) is 0 Å². The van der Waals surface area contributed by atoms with E-state index >= 15 is 0 Å². The number of hydrazine groups is 1. The van der Waals surface area contributed by atoms with Crippen molar-refractivity contribution in [3.8, 4) is 5.75 Å². The molecule has 1 aliphatic rings. The topological polar surface area (TPSA) is 186 Å². The van der Waals surface area contributed by atoms with Crippen LogP contribution in [0.5, 0.6) is 5.75 Å². The van der Waals surface area contributed by atoms with Crippen LogP contribution in [0.3, 0.4) is 0 Å². The number of carbonyl (C=O) groups excluding carboxylic acids is 4. The minimum Gasteiger partial charge on any atom is -0.497 e. The van der Waals surface area contributed by atoms with E-state index < -0.39 is 35.8 Å². The maximum absolute atomic E-state index is 14.5. The number of amides is 5. The summed E-state index contributed by atoms with van der Waals surface area (Å²) in [6.07, 6.45) is -0.941. The number of carbonyl (C=O) groups is 4. The molecule has 15 heteroatoms. The molecule has 59 heavy (non-hydrogen) atoms. The number of ether oxygens (including phenoxy) is 2. The molecule has 1 aliphatic heterocycles. The minimum absolute atomic E-state index is 0.0528. The van der Waals surface area contributed by atoms with Crippen molar-refractivity contribution in [3.63, 3.8) is 0 Å². The lowest BCUT2D eigenvalue weighted by Crippen LogP contribution is -2.58. The van der Waals surface area contributed by atoms with E-state index in [0.29, 0.717) is 37.4 Å². The van der Waals surface area contributed by atoms with E-state index in [4.69, 9.17) is 4.74 Å². The smallest absolute Gasteiger partial charge is 0.406 e. The Morgan fingerprint density at radius 2 is 1.61 bits per heavy atom. The number of nitrogens with one attached hydrogen (secondary N) is 3. The van der Waals surface area contributed by atoms with Crippen LogP contribution in [0.1, 0.15) is 70.0 Å². The number of methoxy groups -OCH3 is 2. The van der Waals surface area contributed by atoms with Crippen molar-refractivity contribution in [1.82, 2.24) is 35.9 Å². The molecule has 1 fully saturated rings. The highest BCUT2D eigenvalue weighted by Crippen LogP contribution is 2.24. The maximum atomic E-state index is 14.5. The van der Waals surface area contributed by atoms with Crippen LogP contribution in [0.25, 0.3) is 0 Å². The predicted octanol–water partition coefficient (Wildman–Crippen LogP) is 4.06. The number of aromatic nitrogens is 1. The quantitative estimate of drug-likeness (QED) is 0.0927. The molecule has 4 rings (SSSR count). The number of benzene rings is 2. The summed E-state index contributed by atoms with van der Waals surface area (Å²) in [6, 6.07) is 20.5. The summed E-state index contributed by atoms with van der Waals surface area (Å²) in [6.45, 7) is 10.7. The third-order valence-electron chi connectivity index (χ3n) is 10.5. The summed E-state index contributed by atoms with van der Waals surface area (Å²) in [5, 5.41) is 29.3. The van der Waals surface area contributed by atoms with Crippen LogP contribution in [0, 0.1) is 11.3 Å². The van der Waals surface area contributed by atoms with Gasteiger partial charge < -0.3 is 40.1 Å². The van der Waals surface area contributed by atoms with Gasteiger partial charge in [0.2, 0.25) is 11.8 Å². The van der Waals surface area contributed by atoms with Gasteiger partial charge >= 0.3 is 12.1 Å². The number of pyridine rings is 1. The molecule has 0 spiro atoms. The van der Waals surface area contributed by atoms with E-state index in [1.54, 1.807) is 28.8 Å². The fraction of sp³-hybridized carbons (Fsp3) is 0.523. The molecule has 2 aromatic carbocycles. The molecule has 0 bridgehead atoms. The molecule has 0 radical (unpaired) electrons. The Bertz CT molecular complexity index is 1810. The molecular weight excluding hydrogens is 755 g/mol. The highest BCUT2D eigenvalue weighted by molar-refractivity contribution is 5.88. The lowest BCUT2D eigenvalue weighted by molar-refractivity contribution is -0.131. The van der Waals surface area contributed by atoms with Crippen LogP contribution in [-0.4, -0.2) is 119 Å². The fourth-order valence-corrected chi connectivity index (χ4v) is 7.14. The monoisotopic (exact) mass is 817 g/mol. The summed E-state index contributed by atoms with van der Waals surface area (Å²) < 4.78 is 10.0. The number of nitrogens with zero attached hydrogens (tertiary/aromatic N) is 4. The van der Waals surface area contributed by atoms with Crippen LogP contribution >= 0.6 is 0 Å². The average molecular weight is 818 g/mol. The third kappa shape index (κ3) is 14.5. The number of aliphatic hydroxyl groups is 2. The van der Waals surface area contributed by atoms with Crippen molar-refractivity contribution in [3.05, 3.63) is 95.3 Å². The number of rotatable bonds is 22. The largest absolute Gasteiger partial charge is 0.497 e.